The maximum Gasteiger partial charge on any atom is 0.373 e. The van der Waals surface area contributed by atoms with Crippen LogP contribution in [0.2, 0.25) is 0 Å². The van der Waals surface area contributed by atoms with E-state index in [0.29, 0.717) is 12.8 Å². The van der Waals surface area contributed by atoms with Crippen LogP contribution in [0.15, 0.2) is 0 Å². The van der Waals surface area contributed by atoms with Gasteiger partial charge < -0.3 is 81.7 Å². The van der Waals surface area contributed by atoms with E-state index in [-0.39, 0.29) is 193 Å². The fraction of sp³-hybridized carbons (Fsp3) is 0.760. The van der Waals surface area contributed by atoms with Crippen LogP contribution in [0, 0.1) is 0 Å². The molecule has 0 aliphatic carbocycles. The first-order valence-corrected chi connectivity index (χ1v) is 37.8. The van der Waals surface area contributed by atoms with Gasteiger partial charge in [-0.2, -0.15) is 19.2 Å². The summed E-state index contributed by atoms with van der Waals surface area (Å²) in [6.07, 6.45) is -4.32. The molecule has 11 N–H and O–H groups in total. The number of carboxylic acids is 6. The predicted octanol–water partition coefficient (Wildman–Crippen LogP) is 5.05. The number of rotatable bonds is 54. The highest BCUT2D eigenvalue weighted by molar-refractivity contribution is 5.92. The van der Waals surface area contributed by atoms with Gasteiger partial charge in [0.2, 0.25) is 59.1 Å². The van der Waals surface area contributed by atoms with Crippen molar-refractivity contribution >= 4 is 107 Å². The van der Waals surface area contributed by atoms with E-state index in [1.807, 2.05) is 0 Å². The number of nitrogens with zero attached hydrogens (tertiary/aromatic N) is 5. The Morgan fingerprint density at radius 2 is 0.468 bits per heavy atom. The van der Waals surface area contributed by atoms with Crippen molar-refractivity contribution in [3.05, 3.63) is 0 Å². The van der Waals surface area contributed by atoms with Gasteiger partial charge in [0.1, 0.15) is 30.2 Å². The summed E-state index contributed by atoms with van der Waals surface area (Å²) in [6, 6.07) is -6.24. The quantitative estimate of drug-likeness (QED) is 0.0355. The molecule has 36 nitrogen and oxygen atoms in total. The molecule has 632 valence electrons. The van der Waals surface area contributed by atoms with E-state index < -0.39 is 173 Å². The molecule has 111 heavy (non-hydrogen) atoms. The summed E-state index contributed by atoms with van der Waals surface area (Å²) in [4.78, 5) is 253. The van der Waals surface area contributed by atoms with Gasteiger partial charge in [-0.1, -0.05) is 20.3 Å². The number of aliphatic carboxylic acids is 6. The molecule has 0 saturated heterocycles. The molecule has 0 aromatic rings. The Bertz CT molecular complexity index is 3070. The molecule has 5 atom stereocenters. The Morgan fingerprint density at radius 3 is 0.712 bits per heavy atom. The molecule has 0 aliphatic heterocycles. The van der Waals surface area contributed by atoms with E-state index in [1.165, 1.54) is 14.7 Å². The molecule has 0 heterocycles. The number of amides is 10. The number of carbonyl (C=O) groups excluding carboxylic acids is 14. The second kappa shape index (κ2) is 55.6. The molecule has 0 fully saturated rings. The Kier molecular flexibility index (Phi) is 52.9. The maximum atomic E-state index is 15.3. The van der Waals surface area contributed by atoms with Crippen LogP contribution in [-0.2, 0) is 95.9 Å². The predicted molar refractivity (Wildman–Crippen MR) is 399 cm³/mol. The van der Waals surface area contributed by atoms with Crippen molar-refractivity contribution in [3.63, 3.8) is 0 Å². The summed E-state index contributed by atoms with van der Waals surface area (Å²) in [5.41, 5.74) is -3.17. The van der Waals surface area contributed by atoms with Gasteiger partial charge >= 0.3 is 48.1 Å². The van der Waals surface area contributed by atoms with Gasteiger partial charge in [-0.3, -0.25) is 76.7 Å². The van der Waals surface area contributed by atoms with Gasteiger partial charge in [0.25, 0.3) is 0 Å². The van der Waals surface area contributed by atoms with Crippen LogP contribution in [-0.4, -0.2) is 254 Å². The molecule has 0 spiro atoms. The molecular weight excluding hydrogens is 1460 g/mol. The average Bonchev–Trinajstić information content (AvgIpc) is 0.886. The van der Waals surface area contributed by atoms with Crippen LogP contribution in [0.3, 0.4) is 0 Å². The van der Waals surface area contributed by atoms with Crippen molar-refractivity contribution < 1.29 is 127 Å². The SMILES string of the molecule is CCCC(C(=O)NC(C)(C)C)N(CCCC(=O)O)C(=O)CCCC(=O)N(CCCC(=O)N(CCCC(=O)O)C(CCCC(=O)O)C(=O)NC(C)(C)C)C(CCCC(=O)N(CCC)C(CCCC(=O)O)C(=O)NC(C)(C)C)C(=O)NCCCC(=O)N(CCCC(=O)O)C(CCCC(=O)O)C(=O)NC(C)(C)C.O=C=O.O=C=O. The first kappa shape index (κ1) is 105. The highest BCUT2D eigenvalue weighted by atomic mass is 16.4. The van der Waals surface area contributed by atoms with E-state index in [0.717, 1.165) is 9.80 Å². The molecule has 0 saturated carbocycles. The van der Waals surface area contributed by atoms with Crippen molar-refractivity contribution in [2.75, 3.05) is 39.3 Å². The smallest absolute Gasteiger partial charge is 0.373 e. The zero-order valence-corrected chi connectivity index (χ0v) is 67.5. The number of carboxylic acid groups (broad SMARTS) is 6. The van der Waals surface area contributed by atoms with Crippen LogP contribution in [0.5, 0.6) is 0 Å². The van der Waals surface area contributed by atoms with E-state index in [9.17, 15) is 97.8 Å². The van der Waals surface area contributed by atoms with Crippen molar-refractivity contribution in [2.24, 2.45) is 0 Å². The lowest BCUT2D eigenvalue weighted by Gasteiger charge is -2.35. The number of hydrogen-bond donors (Lipinski definition) is 11. The average molecular weight is 1580 g/mol. The van der Waals surface area contributed by atoms with E-state index in [4.69, 9.17) is 19.2 Å². The fourth-order valence-electron chi connectivity index (χ4n) is 11.8. The van der Waals surface area contributed by atoms with E-state index in [1.54, 1.807) is 96.9 Å². The lowest BCUT2D eigenvalue weighted by molar-refractivity contribution is -0.193. The van der Waals surface area contributed by atoms with Crippen LogP contribution < -0.4 is 26.6 Å². The van der Waals surface area contributed by atoms with Gasteiger partial charge in [-0.05, 0) is 186 Å². The number of hydrogen-bond acceptors (Lipinski definition) is 20. The third kappa shape index (κ3) is 51.4. The summed E-state index contributed by atoms with van der Waals surface area (Å²) in [6.45, 7) is 22.9. The third-order valence-electron chi connectivity index (χ3n) is 16.3. The van der Waals surface area contributed by atoms with E-state index >= 15 is 9.59 Å². The van der Waals surface area contributed by atoms with Gasteiger partial charge in [0.05, 0.1) is 0 Å². The molecule has 0 aromatic heterocycles. The highest BCUT2D eigenvalue weighted by Gasteiger charge is 2.38. The molecule has 0 bridgehead atoms. The minimum atomic E-state index is -1.54. The molecule has 0 rings (SSSR count). The molecule has 10 amide bonds. The fourth-order valence-corrected chi connectivity index (χ4v) is 11.8. The van der Waals surface area contributed by atoms with E-state index in [2.05, 4.69) is 26.6 Å². The molecule has 0 aromatic carbocycles. The van der Waals surface area contributed by atoms with Gasteiger partial charge in [-0.15, -0.1) is 0 Å². The Morgan fingerprint density at radius 1 is 0.270 bits per heavy atom. The van der Waals surface area contributed by atoms with Gasteiger partial charge in [-0.25, -0.2) is 0 Å². The monoisotopic (exact) mass is 1580 g/mol. The topological polar surface area (TPSA) is 539 Å². The van der Waals surface area contributed by atoms with Crippen LogP contribution in [0.25, 0.3) is 0 Å². The standard InChI is InChI=1S/C73H126N10O22.2CO2/c1-15-27-49(66(102)75-70(3,4)5)80(46-24-40-62(95)96)55(85)33-21-34-56(86)81(45-23-36-58(88)83(48-26-42-64(99)100)53(31-20-39-61(93)94)69(105)78-73(12,13)14)50(28-17-32-54(84)79(44-16-2)51(29-18-37-59(89)90)67(103)76-71(6,7)8)65(101)74-43-22-35-57(87)82(47-25-41-63(97)98)52(30-19-38-60(91)92)68(104)77-72(9,10)11;2*2-1-3/h49-53H,15-48H2,1-14H3,(H,74,101)(H,75,102)(H,76,103)(H,77,104)(H,78,105)(H,89,90)(H,91,92)(H,93,94)(H,95,96)(H,97,98)(H,99,100);;. The minimum Gasteiger partial charge on any atom is -0.481 e. The molecule has 0 radical (unpaired) electrons. The molecule has 36 heteroatoms. The Hall–Kier alpha value is -9.72. The lowest BCUT2D eigenvalue weighted by Crippen LogP contribution is -2.54. The highest BCUT2D eigenvalue weighted by Crippen LogP contribution is 2.24. The summed E-state index contributed by atoms with van der Waals surface area (Å²) < 4.78 is 0. The maximum absolute atomic E-state index is 15.3. The Balaban J connectivity index is -0.0000188. The van der Waals surface area contributed by atoms with Gasteiger partial charge in [0, 0.05) is 132 Å². The zero-order valence-electron chi connectivity index (χ0n) is 67.5. The zero-order chi connectivity index (χ0) is 86.0. The molecule has 0 aliphatic rings. The summed E-state index contributed by atoms with van der Waals surface area (Å²) in [5, 5.41) is 71.6. The largest absolute Gasteiger partial charge is 0.481 e. The third-order valence-corrected chi connectivity index (χ3v) is 16.3. The summed E-state index contributed by atoms with van der Waals surface area (Å²) in [5.74, 6) is -13.4. The lowest BCUT2D eigenvalue weighted by atomic mass is 10.0. The van der Waals surface area contributed by atoms with Gasteiger partial charge in [0.15, 0.2) is 0 Å². The Labute approximate surface area is 650 Å². The number of nitrogens with one attached hydrogen (secondary N) is 5. The van der Waals surface area contributed by atoms with Crippen molar-refractivity contribution in [3.8, 4) is 0 Å². The van der Waals surface area contributed by atoms with Crippen molar-refractivity contribution in [2.45, 2.75) is 329 Å². The van der Waals surface area contributed by atoms with Crippen LogP contribution >= 0.6 is 0 Å². The second-order valence-corrected chi connectivity index (χ2v) is 31.0. The minimum absolute atomic E-state index is 0.0231. The van der Waals surface area contributed by atoms with Crippen LogP contribution in [0.1, 0.15) is 277 Å². The van der Waals surface area contributed by atoms with Crippen molar-refractivity contribution in [1.29, 1.82) is 0 Å². The normalized spacial score (nSPS) is 12.5. The van der Waals surface area contributed by atoms with Crippen molar-refractivity contribution in [1.82, 2.24) is 51.1 Å². The number of carbonyl (C=O) groups is 16. The van der Waals surface area contributed by atoms with Crippen LogP contribution in [0.4, 0.5) is 0 Å². The summed E-state index contributed by atoms with van der Waals surface area (Å²) >= 11 is 0. The first-order chi connectivity index (χ1) is 51.5. The molecular formula is C75H126N10O26. The summed E-state index contributed by atoms with van der Waals surface area (Å²) in [7, 11) is 0. The molecule has 5 unspecified atom stereocenters. The second-order valence-electron chi connectivity index (χ2n) is 31.0. The first-order valence-electron chi connectivity index (χ1n) is 37.8.